The molecule has 0 aliphatic heterocycles. The number of hydrogen-bond acceptors (Lipinski definition) is 5. The Balaban J connectivity index is 1.88. The van der Waals surface area contributed by atoms with E-state index in [1.165, 1.54) is 6.07 Å². The van der Waals surface area contributed by atoms with Crippen LogP contribution < -0.4 is 10.9 Å². The van der Waals surface area contributed by atoms with E-state index in [2.05, 4.69) is 15.4 Å². The van der Waals surface area contributed by atoms with Gasteiger partial charge in [0, 0.05) is 0 Å². The molecule has 8 heteroatoms. The molecule has 0 fully saturated rings. The van der Waals surface area contributed by atoms with Gasteiger partial charge in [-0.3, -0.25) is 4.79 Å². The van der Waals surface area contributed by atoms with Crippen LogP contribution in [0.4, 0.5) is 19.6 Å². The van der Waals surface area contributed by atoms with Gasteiger partial charge in [0.25, 0.3) is 5.56 Å². The standard InChI is InChI=1S/C15H8F2N4OS/c16-9-5-3-6-10(17)12(9)19-14-20-21-13(22)8-4-1-2-7-11(8)18-15(21)23-14/h1-7H,(H,19,20). The zero-order valence-electron chi connectivity index (χ0n) is 11.5. The van der Waals surface area contributed by atoms with E-state index < -0.39 is 11.6 Å². The molecule has 0 atom stereocenters. The zero-order valence-corrected chi connectivity index (χ0v) is 12.3. The Hall–Kier alpha value is -2.87. The first-order chi connectivity index (χ1) is 11.1. The van der Waals surface area contributed by atoms with Crippen molar-refractivity contribution in [1.82, 2.24) is 14.6 Å². The summed E-state index contributed by atoms with van der Waals surface area (Å²) in [5.74, 6) is -1.48. The van der Waals surface area contributed by atoms with Crippen LogP contribution in [0.1, 0.15) is 0 Å². The summed E-state index contributed by atoms with van der Waals surface area (Å²) in [4.78, 5) is 17.1. The molecule has 0 aliphatic carbocycles. The smallest absolute Gasteiger partial charge is 0.283 e. The summed E-state index contributed by atoms with van der Waals surface area (Å²) < 4.78 is 28.5. The largest absolute Gasteiger partial charge is 0.325 e. The van der Waals surface area contributed by atoms with Crippen LogP contribution in [0.3, 0.4) is 0 Å². The molecule has 1 N–H and O–H groups in total. The molecule has 2 heterocycles. The van der Waals surface area contributed by atoms with Gasteiger partial charge in [-0.05, 0) is 24.3 Å². The Kier molecular flexibility index (Phi) is 3.05. The zero-order chi connectivity index (χ0) is 16.0. The van der Waals surface area contributed by atoms with Crippen LogP contribution in [0.15, 0.2) is 47.3 Å². The van der Waals surface area contributed by atoms with Crippen LogP contribution in [-0.2, 0) is 0 Å². The summed E-state index contributed by atoms with van der Waals surface area (Å²) in [5, 5.41) is 7.23. The Morgan fingerprint density at radius 1 is 1.04 bits per heavy atom. The molecule has 0 saturated carbocycles. The maximum absolute atomic E-state index is 13.7. The predicted molar refractivity (Wildman–Crippen MR) is 84.3 cm³/mol. The molecule has 4 rings (SSSR count). The number of hydrogen-bond donors (Lipinski definition) is 1. The van der Waals surface area contributed by atoms with E-state index in [0.29, 0.717) is 15.9 Å². The van der Waals surface area contributed by atoms with Gasteiger partial charge in [-0.1, -0.05) is 29.5 Å². The van der Waals surface area contributed by atoms with Gasteiger partial charge < -0.3 is 5.32 Å². The highest BCUT2D eigenvalue weighted by molar-refractivity contribution is 7.20. The summed E-state index contributed by atoms with van der Waals surface area (Å²) >= 11 is 1.03. The Morgan fingerprint density at radius 3 is 2.57 bits per heavy atom. The molecule has 23 heavy (non-hydrogen) atoms. The van der Waals surface area contributed by atoms with Crippen LogP contribution in [0.5, 0.6) is 0 Å². The van der Waals surface area contributed by atoms with Crippen molar-refractivity contribution in [3.8, 4) is 0 Å². The van der Waals surface area contributed by atoms with Crippen molar-refractivity contribution in [1.29, 1.82) is 0 Å². The fraction of sp³-hybridized carbons (Fsp3) is 0. The molecule has 0 spiro atoms. The predicted octanol–water partition coefficient (Wildman–Crippen LogP) is 3.33. The van der Waals surface area contributed by atoms with Gasteiger partial charge in [-0.15, -0.1) is 5.10 Å². The Morgan fingerprint density at radius 2 is 1.78 bits per heavy atom. The summed E-state index contributed by atoms with van der Waals surface area (Å²) in [6.07, 6.45) is 0. The fourth-order valence-electron chi connectivity index (χ4n) is 2.23. The number of halogens is 2. The molecule has 2 aromatic heterocycles. The molecule has 0 bridgehead atoms. The fourth-order valence-corrected chi connectivity index (χ4v) is 3.03. The van der Waals surface area contributed by atoms with E-state index in [0.717, 1.165) is 28.0 Å². The van der Waals surface area contributed by atoms with Crippen LogP contribution in [-0.4, -0.2) is 14.6 Å². The molecule has 0 saturated heterocycles. The van der Waals surface area contributed by atoms with Crippen molar-refractivity contribution in [2.75, 3.05) is 5.32 Å². The number of nitrogens with zero attached hydrogens (tertiary/aromatic N) is 3. The van der Waals surface area contributed by atoms with Gasteiger partial charge in [0.05, 0.1) is 10.9 Å². The minimum absolute atomic E-state index is 0.175. The van der Waals surface area contributed by atoms with Crippen molar-refractivity contribution in [2.24, 2.45) is 0 Å². The summed E-state index contributed by atoms with van der Waals surface area (Å²) in [6, 6.07) is 10.4. The average Bonchev–Trinajstić information content (AvgIpc) is 2.94. The van der Waals surface area contributed by atoms with Gasteiger partial charge in [-0.25, -0.2) is 13.8 Å². The molecule has 5 nitrogen and oxygen atoms in total. The van der Waals surface area contributed by atoms with E-state index in [-0.39, 0.29) is 16.4 Å². The molecule has 0 unspecified atom stereocenters. The monoisotopic (exact) mass is 330 g/mol. The second-order valence-corrected chi connectivity index (χ2v) is 5.71. The lowest BCUT2D eigenvalue weighted by atomic mass is 10.2. The number of fused-ring (bicyclic) bond motifs is 2. The highest BCUT2D eigenvalue weighted by Crippen LogP contribution is 2.26. The molecule has 2 aromatic carbocycles. The van der Waals surface area contributed by atoms with Gasteiger partial charge in [0.15, 0.2) is 0 Å². The van der Waals surface area contributed by atoms with Gasteiger partial charge in [-0.2, -0.15) is 4.52 Å². The SMILES string of the molecule is O=c1c2ccccc2nc2sc(Nc3c(F)cccc3F)nn12. The van der Waals surface area contributed by atoms with Gasteiger partial charge in [0.1, 0.15) is 17.3 Å². The average molecular weight is 330 g/mol. The van der Waals surface area contributed by atoms with E-state index in [1.54, 1.807) is 24.3 Å². The summed E-state index contributed by atoms with van der Waals surface area (Å²) in [5.41, 5.74) is -0.0992. The van der Waals surface area contributed by atoms with E-state index in [9.17, 15) is 13.6 Å². The molecule has 0 aliphatic rings. The van der Waals surface area contributed by atoms with E-state index >= 15 is 0 Å². The maximum Gasteiger partial charge on any atom is 0.283 e. The number of benzene rings is 2. The molecule has 114 valence electrons. The quantitative estimate of drug-likeness (QED) is 0.612. The third-order valence-corrected chi connectivity index (χ3v) is 4.12. The number of nitrogens with one attached hydrogen (secondary N) is 1. The highest BCUT2D eigenvalue weighted by atomic mass is 32.1. The Labute approximate surface area is 131 Å². The minimum atomic E-state index is -0.741. The number of rotatable bonds is 2. The van der Waals surface area contributed by atoms with Crippen molar-refractivity contribution < 1.29 is 8.78 Å². The number of anilines is 2. The number of para-hydroxylation sites is 2. The van der Waals surface area contributed by atoms with Crippen LogP contribution in [0, 0.1) is 11.6 Å². The summed E-state index contributed by atoms with van der Waals surface area (Å²) in [6.45, 7) is 0. The maximum atomic E-state index is 13.7. The highest BCUT2D eigenvalue weighted by Gasteiger charge is 2.14. The van der Waals surface area contributed by atoms with Crippen molar-refractivity contribution in [3.05, 3.63) is 64.5 Å². The van der Waals surface area contributed by atoms with Crippen LogP contribution in [0.2, 0.25) is 0 Å². The first-order valence-corrected chi connectivity index (χ1v) is 7.45. The number of aromatic nitrogens is 3. The minimum Gasteiger partial charge on any atom is -0.325 e. The third-order valence-electron chi connectivity index (χ3n) is 3.30. The molecule has 4 aromatic rings. The Bertz CT molecular complexity index is 1090. The lowest BCUT2D eigenvalue weighted by Crippen LogP contribution is -2.15. The molecule has 0 amide bonds. The van der Waals surface area contributed by atoms with E-state index in [4.69, 9.17) is 0 Å². The first-order valence-electron chi connectivity index (χ1n) is 6.63. The lowest BCUT2D eigenvalue weighted by molar-refractivity contribution is 0.590. The van der Waals surface area contributed by atoms with Crippen molar-refractivity contribution in [3.63, 3.8) is 0 Å². The molecular formula is C15H8F2N4OS. The first kappa shape index (κ1) is 13.8. The van der Waals surface area contributed by atoms with E-state index in [1.807, 2.05) is 0 Å². The second-order valence-electron chi connectivity index (χ2n) is 4.76. The van der Waals surface area contributed by atoms with Gasteiger partial charge >= 0.3 is 0 Å². The topological polar surface area (TPSA) is 59.3 Å². The normalized spacial score (nSPS) is 11.2. The lowest BCUT2D eigenvalue weighted by Gasteiger charge is -2.04. The van der Waals surface area contributed by atoms with Crippen LogP contribution >= 0.6 is 11.3 Å². The molecular weight excluding hydrogens is 322 g/mol. The third kappa shape index (κ3) is 2.23. The van der Waals surface area contributed by atoms with Crippen molar-refractivity contribution >= 4 is 38.0 Å². The van der Waals surface area contributed by atoms with Gasteiger partial charge in [0.2, 0.25) is 10.1 Å². The van der Waals surface area contributed by atoms with Crippen LogP contribution in [0.25, 0.3) is 15.9 Å². The summed E-state index contributed by atoms with van der Waals surface area (Å²) in [7, 11) is 0. The molecule has 0 radical (unpaired) electrons. The second kappa shape index (κ2) is 5.10. The van der Waals surface area contributed by atoms with Crippen molar-refractivity contribution in [2.45, 2.75) is 0 Å².